The quantitative estimate of drug-likeness (QED) is 0.442. The zero-order chi connectivity index (χ0) is 21.0. The Labute approximate surface area is 184 Å². The molecule has 1 amide bonds. The van der Waals surface area contributed by atoms with Crippen LogP contribution in [0.15, 0.2) is 18.3 Å². The van der Waals surface area contributed by atoms with Crippen LogP contribution in [-0.4, -0.2) is 36.1 Å². The summed E-state index contributed by atoms with van der Waals surface area (Å²) in [5, 5.41) is 5.77. The molecule has 0 atom stereocenters. The summed E-state index contributed by atoms with van der Waals surface area (Å²) in [5.41, 5.74) is 7.03. The number of rotatable bonds is 9. The van der Waals surface area contributed by atoms with Gasteiger partial charge in [0.25, 0.3) is 0 Å². The van der Waals surface area contributed by atoms with Crippen LogP contribution in [0.25, 0.3) is 0 Å². The van der Waals surface area contributed by atoms with Crippen molar-refractivity contribution in [2.75, 3.05) is 31.2 Å². The van der Waals surface area contributed by atoms with E-state index in [1.807, 2.05) is 12.1 Å². The molecule has 0 spiro atoms. The average Bonchev–Trinajstić information content (AvgIpc) is 3.48. The average molecular weight is 511 g/mol. The normalized spacial score (nSPS) is 13.4. The highest BCUT2D eigenvalue weighted by atomic mass is 127. The van der Waals surface area contributed by atoms with Gasteiger partial charge in [-0.1, -0.05) is 13.8 Å². The fraction of sp³-hybridized carbons (Fsp3) is 0.450. The summed E-state index contributed by atoms with van der Waals surface area (Å²) in [4.78, 5) is 20.3. The number of amides is 1. The number of nitrogen functional groups attached to an aromatic ring is 1. The Hall–Kier alpha value is -2.14. The van der Waals surface area contributed by atoms with Crippen molar-refractivity contribution in [3.63, 3.8) is 0 Å². The van der Waals surface area contributed by atoms with Gasteiger partial charge in [-0.3, -0.25) is 10.1 Å². The Morgan fingerprint density at radius 3 is 2.69 bits per heavy atom. The molecule has 3 rings (SSSR count). The van der Waals surface area contributed by atoms with Crippen molar-refractivity contribution >= 4 is 40.3 Å². The number of benzene rings is 1. The third-order valence-corrected chi connectivity index (χ3v) is 5.42. The number of anilines is 2. The highest BCUT2D eigenvalue weighted by Crippen LogP contribution is 2.37. The summed E-state index contributed by atoms with van der Waals surface area (Å²) in [6, 6.07) is 3.86. The number of hydrogen-bond donors (Lipinski definition) is 3. The molecule has 1 aromatic carbocycles. The summed E-state index contributed by atoms with van der Waals surface area (Å²) in [6.07, 6.45) is 3.94. The largest absolute Gasteiger partial charge is 0.496 e. The van der Waals surface area contributed by atoms with Crippen molar-refractivity contribution in [2.24, 2.45) is 5.92 Å². The lowest BCUT2D eigenvalue weighted by Crippen LogP contribution is -2.30. The van der Waals surface area contributed by atoms with E-state index in [-0.39, 0.29) is 30.1 Å². The van der Waals surface area contributed by atoms with Gasteiger partial charge in [0.15, 0.2) is 11.6 Å². The molecule has 1 saturated carbocycles. The van der Waals surface area contributed by atoms with E-state index in [1.165, 1.54) is 19.0 Å². The van der Waals surface area contributed by atoms with Crippen molar-refractivity contribution in [3.05, 3.63) is 27.5 Å². The fourth-order valence-corrected chi connectivity index (χ4v) is 3.43. The van der Waals surface area contributed by atoms with E-state index in [2.05, 4.69) is 57.0 Å². The number of ether oxygens (including phenoxy) is 2. The van der Waals surface area contributed by atoms with Crippen molar-refractivity contribution in [1.29, 1.82) is 0 Å². The van der Waals surface area contributed by atoms with Crippen molar-refractivity contribution in [3.8, 4) is 17.2 Å². The molecule has 2 aromatic rings. The van der Waals surface area contributed by atoms with E-state index in [0.717, 1.165) is 21.4 Å². The van der Waals surface area contributed by atoms with Crippen LogP contribution >= 0.6 is 22.6 Å². The first kappa shape index (κ1) is 21.6. The molecule has 1 heterocycles. The lowest BCUT2D eigenvalue weighted by atomic mass is 10.0. The molecule has 29 heavy (non-hydrogen) atoms. The molecule has 0 aliphatic heterocycles. The number of nitrogens with zero attached hydrogens (tertiary/aromatic N) is 2. The molecule has 1 aromatic heterocycles. The molecule has 156 valence electrons. The molecule has 0 saturated heterocycles. The Morgan fingerprint density at radius 1 is 1.31 bits per heavy atom. The molecule has 9 heteroatoms. The number of carbonyl (C=O) groups excluding carboxylic acids is 1. The summed E-state index contributed by atoms with van der Waals surface area (Å²) in [6.45, 7) is 5.23. The molecule has 1 aliphatic carbocycles. The maximum Gasteiger partial charge on any atom is 0.240 e. The smallest absolute Gasteiger partial charge is 0.240 e. The first-order valence-electron chi connectivity index (χ1n) is 9.55. The van der Waals surface area contributed by atoms with Gasteiger partial charge in [-0.25, -0.2) is 4.98 Å². The number of methoxy groups -OCH3 is 1. The van der Waals surface area contributed by atoms with E-state index >= 15 is 0 Å². The molecular formula is C20H26IN5O3. The molecule has 0 unspecified atom stereocenters. The zero-order valence-corrected chi connectivity index (χ0v) is 18.9. The Kier molecular flexibility index (Phi) is 7.12. The molecule has 1 aliphatic rings. The number of halogens is 1. The minimum absolute atomic E-state index is 0.154. The lowest BCUT2D eigenvalue weighted by Gasteiger charge is -2.17. The Balaban J connectivity index is 1.68. The van der Waals surface area contributed by atoms with Gasteiger partial charge in [-0.15, -0.1) is 0 Å². The lowest BCUT2D eigenvalue weighted by molar-refractivity contribution is -0.115. The van der Waals surface area contributed by atoms with Crippen molar-refractivity contribution in [1.82, 2.24) is 15.3 Å². The summed E-state index contributed by atoms with van der Waals surface area (Å²) in [5.74, 6) is 2.83. The van der Waals surface area contributed by atoms with Gasteiger partial charge in [0.2, 0.25) is 11.9 Å². The van der Waals surface area contributed by atoms with Gasteiger partial charge in [0.05, 0.1) is 23.4 Å². The van der Waals surface area contributed by atoms with Crippen LogP contribution in [0, 0.1) is 9.49 Å². The maximum atomic E-state index is 12.0. The van der Waals surface area contributed by atoms with E-state index < -0.39 is 0 Å². The van der Waals surface area contributed by atoms with Gasteiger partial charge >= 0.3 is 0 Å². The van der Waals surface area contributed by atoms with Crippen LogP contribution in [0.1, 0.15) is 38.2 Å². The second kappa shape index (κ2) is 9.57. The van der Waals surface area contributed by atoms with Gasteiger partial charge in [-0.05, 0) is 65.9 Å². The van der Waals surface area contributed by atoms with Crippen LogP contribution in [0.2, 0.25) is 0 Å². The molecule has 0 bridgehead atoms. The maximum absolute atomic E-state index is 12.0. The van der Waals surface area contributed by atoms with Crippen LogP contribution in [0.3, 0.4) is 0 Å². The monoisotopic (exact) mass is 511 g/mol. The van der Waals surface area contributed by atoms with Gasteiger partial charge in [0, 0.05) is 5.56 Å². The topological polar surface area (TPSA) is 111 Å². The minimum atomic E-state index is -0.203. The zero-order valence-electron chi connectivity index (χ0n) is 16.8. The van der Waals surface area contributed by atoms with Crippen LogP contribution in [-0.2, 0) is 4.79 Å². The Morgan fingerprint density at radius 2 is 2.07 bits per heavy atom. The highest BCUT2D eigenvalue weighted by Gasteiger charge is 2.21. The second-order valence-electron chi connectivity index (χ2n) is 7.35. The number of nitrogens with two attached hydrogens (primary N) is 1. The Bertz CT molecular complexity index is 887. The third kappa shape index (κ3) is 5.92. The molecule has 4 N–H and O–H groups in total. The van der Waals surface area contributed by atoms with E-state index in [9.17, 15) is 4.79 Å². The predicted octanol–water partition coefficient (Wildman–Crippen LogP) is 3.53. The van der Waals surface area contributed by atoms with Crippen molar-refractivity contribution < 1.29 is 14.3 Å². The van der Waals surface area contributed by atoms with Gasteiger partial charge < -0.3 is 20.5 Å². The van der Waals surface area contributed by atoms with Crippen molar-refractivity contribution in [2.45, 2.75) is 32.6 Å². The van der Waals surface area contributed by atoms with E-state index in [1.54, 1.807) is 7.11 Å². The van der Waals surface area contributed by atoms with Gasteiger partial charge in [0.1, 0.15) is 11.5 Å². The van der Waals surface area contributed by atoms with Gasteiger partial charge in [-0.2, -0.15) is 4.98 Å². The summed E-state index contributed by atoms with van der Waals surface area (Å²) in [7, 11) is 1.64. The number of aromatic nitrogens is 2. The minimum Gasteiger partial charge on any atom is -0.496 e. The van der Waals surface area contributed by atoms with Crippen LogP contribution in [0.5, 0.6) is 17.2 Å². The SMILES string of the molecule is COc1cc(C(C)C)c(Oc2cnc(NC(=O)CNCC3CC3)nc2N)cc1I. The first-order valence-corrected chi connectivity index (χ1v) is 10.6. The number of carbonyl (C=O) groups is 1. The molecule has 8 nitrogen and oxygen atoms in total. The molecule has 0 radical (unpaired) electrons. The van der Waals surface area contributed by atoms with Crippen LogP contribution in [0.4, 0.5) is 11.8 Å². The van der Waals surface area contributed by atoms with E-state index in [0.29, 0.717) is 17.4 Å². The second-order valence-corrected chi connectivity index (χ2v) is 8.51. The standard InChI is InChI=1S/C20H26IN5O3/c1-11(2)13-6-16(28-3)14(21)7-15(13)29-17-9-24-20(26-19(17)22)25-18(27)10-23-8-12-4-5-12/h6-7,9,11-12,23H,4-5,8,10H2,1-3H3,(H3,22,24,25,26,27). The number of hydrogen-bond acceptors (Lipinski definition) is 7. The molecule has 1 fully saturated rings. The third-order valence-electron chi connectivity index (χ3n) is 4.58. The summed E-state index contributed by atoms with van der Waals surface area (Å²) >= 11 is 2.19. The fourth-order valence-electron chi connectivity index (χ4n) is 2.77. The first-order chi connectivity index (χ1) is 13.9. The number of nitrogens with one attached hydrogen (secondary N) is 2. The molecular weight excluding hydrogens is 485 g/mol. The summed E-state index contributed by atoms with van der Waals surface area (Å²) < 4.78 is 12.3. The van der Waals surface area contributed by atoms with E-state index in [4.69, 9.17) is 15.2 Å². The predicted molar refractivity (Wildman–Crippen MR) is 121 cm³/mol. The highest BCUT2D eigenvalue weighted by molar-refractivity contribution is 14.1. The van der Waals surface area contributed by atoms with Crippen LogP contribution < -0.4 is 25.8 Å².